The second kappa shape index (κ2) is 16.8. The topological polar surface area (TPSA) is 113 Å². The van der Waals surface area contributed by atoms with E-state index in [4.69, 9.17) is 9.84 Å². The first kappa shape index (κ1) is 26.5. The van der Waals surface area contributed by atoms with Crippen molar-refractivity contribution in [2.24, 2.45) is 0 Å². The summed E-state index contributed by atoms with van der Waals surface area (Å²) >= 11 is 0. The van der Waals surface area contributed by atoms with E-state index in [9.17, 15) is 17.8 Å². The van der Waals surface area contributed by atoms with Crippen molar-refractivity contribution in [3.8, 4) is 0 Å². The van der Waals surface area contributed by atoms with E-state index in [1.165, 1.54) is 38.5 Å². The van der Waals surface area contributed by atoms with Crippen LogP contribution in [0.3, 0.4) is 0 Å². The summed E-state index contributed by atoms with van der Waals surface area (Å²) in [5, 5.41) is 8.83. The summed E-state index contributed by atoms with van der Waals surface area (Å²) in [4.78, 5) is 11.4. The predicted molar refractivity (Wildman–Crippen MR) is 84.5 cm³/mol. The van der Waals surface area contributed by atoms with E-state index in [1.54, 1.807) is 0 Å². The van der Waals surface area contributed by atoms with Crippen LogP contribution in [0.4, 0.5) is 0 Å². The van der Waals surface area contributed by atoms with Gasteiger partial charge in [-0.25, -0.2) is 8.42 Å². The van der Waals surface area contributed by atoms with Gasteiger partial charge in [0, 0.05) is 6.42 Å². The molecule has 0 aliphatic rings. The number of aliphatic hydroxyl groups is 1. The number of rotatable bonds is 15. The zero-order valence-electron chi connectivity index (χ0n) is 14.9. The van der Waals surface area contributed by atoms with Gasteiger partial charge in [0.1, 0.15) is 12.7 Å². The largest absolute Gasteiger partial charge is 1.00 e. The number of hydrogen-bond acceptors (Lipinski definition) is 7. The Morgan fingerprint density at radius 2 is 1.54 bits per heavy atom. The van der Waals surface area contributed by atoms with Crippen molar-refractivity contribution in [2.75, 3.05) is 13.2 Å². The molecule has 0 spiro atoms. The van der Waals surface area contributed by atoms with E-state index < -0.39 is 35.7 Å². The fourth-order valence-corrected chi connectivity index (χ4v) is 2.57. The Hall–Kier alpha value is 0.300. The van der Waals surface area contributed by atoms with Crippen LogP contribution in [-0.4, -0.2) is 43.4 Å². The van der Waals surface area contributed by atoms with Crippen LogP contribution < -0.4 is 29.6 Å². The van der Waals surface area contributed by atoms with Crippen LogP contribution in [0.25, 0.3) is 0 Å². The second-order valence-electron chi connectivity index (χ2n) is 5.57. The van der Waals surface area contributed by atoms with E-state index in [-0.39, 0.29) is 36.0 Å². The predicted octanol–water partition coefficient (Wildman–Crippen LogP) is -0.708. The zero-order valence-corrected chi connectivity index (χ0v) is 17.7. The minimum absolute atomic E-state index is 0. The molecule has 0 amide bonds. The molecule has 0 rings (SSSR count). The Kier molecular flexibility index (Phi) is 18.5. The molecule has 0 saturated heterocycles. The molecule has 1 N–H and O–H groups in total. The molecule has 0 aromatic rings. The standard InChI is InChI=1S/C15H30O7S.Na/c1-2-3-4-5-6-7-8-9-10-11-15(17)21-13-14(12-16)22-23(18,19)20;/h14,16H,2-13H2,1H3,(H,18,19,20);/q;+1/p-1. The Labute approximate surface area is 167 Å². The van der Waals surface area contributed by atoms with Crippen molar-refractivity contribution >= 4 is 16.4 Å². The van der Waals surface area contributed by atoms with Crippen molar-refractivity contribution in [1.29, 1.82) is 0 Å². The van der Waals surface area contributed by atoms with Gasteiger partial charge in [-0.3, -0.25) is 8.98 Å². The van der Waals surface area contributed by atoms with Crippen LogP contribution in [0.1, 0.15) is 71.1 Å². The Morgan fingerprint density at radius 3 is 2.00 bits per heavy atom. The van der Waals surface area contributed by atoms with Crippen molar-refractivity contribution < 1.29 is 61.3 Å². The number of carbonyl (C=O) groups excluding carboxylic acids is 1. The second-order valence-corrected chi connectivity index (χ2v) is 6.58. The van der Waals surface area contributed by atoms with Gasteiger partial charge in [0.2, 0.25) is 10.4 Å². The van der Waals surface area contributed by atoms with Gasteiger partial charge in [-0.15, -0.1) is 0 Å². The molecule has 24 heavy (non-hydrogen) atoms. The van der Waals surface area contributed by atoms with E-state index in [2.05, 4.69) is 11.1 Å². The number of hydrogen-bond donors (Lipinski definition) is 1. The Bertz CT molecular complexity index is 401. The van der Waals surface area contributed by atoms with Crippen molar-refractivity contribution in [3.63, 3.8) is 0 Å². The molecule has 0 radical (unpaired) electrons. The summed E-state index contributed by atoms with van der Waals surface area (Å²) in [6.45, 7) is 1.02. The molecule has 0 bridgehead atoms. The van der Waals surface area contributed by atoms with Crippen LogP contribution in [0.2, 0.25) is 0 Å². The van der Waals surface area contributed by atoms with Gasteiger partial charge in [0.15, 0.2) is 0 Å². The third-order valence-corrected chi connectivity index (χ3v) is 3.88. The summed E-state index contributed by atoms with van der Waals surface area (Å²) in [6, 6.07) is 0. The third kappa shape index (κ3) is 18.6. The molecule has 1 unspecified atom stereocenters. The van der Waals surface area contributed by atoms with Gasteiger partial charge in [0.05, 0.1) is 6.61 Å². The summed E-state index contributed by atoms with van der Waals surface area (Å²) in [5.74, 6) is -0.488. The quantitative estimate of drug-likeness (QED) is 0.132. The van der Waals surface area contributed by atoms with E-state index >= 15 is 0 Å². The van der Waals surface area contributed by atoms with E-state index in [0.717, 1.165) is 12.8 Å². The Balaban J connectivity index is 0. The molecule has 138 valence electrons. The number of aliphatic hydroxyl groups excluding tert-OH is 1. The molecule has 0 aromatic heterocycles. The molecule has 9 heteroatoms. The Morgan fingerprint density at radius 1 is 1.04 bits per heavy atom. The maximum absolute atomic E-state index is 11.4. The minimum atomic E-state index is -4.92. The van der Waals surface area contributed by atoms with Crippen LogP contribution in [0.15, 0.2) is 0 Å². The average molecular weight is 376 g/mol. The maximum Gasteiger partial charge on any atom is 1.00 e. The molecule has 0 aromatic carbocycles. The molecular formula is C15H29NaO7S. The summed E-state index contributed by atoms with van der Waals surface area (Å²) in [7, 11) is -4.92. The monoisotopic (exact) mass is 376 g/mol. The average Bonchev–Trinajstić information content (AvgIpc) is 2.48. The van der Waals surface area contributed by atoms with Gasteiger partial charge in [-0.2, -0.15) is 0 Å². The van der Waals surface area contributed by atoms with Crippen molar-refractivity contribution in [3.05, 3.63) is 0 Å². The zero-order chi connectivity index (χ0) is 17.6. The summed E-state index contributed by atoms with van der Waals surface area (Å²) in [5.41, 5.74) is 0. The number of carbonyl (C=O) groups is 1. The number of ether oxygens (including phenoxy) is 1. The van der Waals surface area contributed by atoms with Gasteiger partial charge in [-0.05, 0) is 6.42 Å². The van der Waals surface area contributed by atoms with Crippen molar-refractivity contribution in [2.45, 2.75) is 77.2 Å². The van der Waals surface area contributed by atoms with Gasteiger partial charge in [-0.1, -0.05) is 58.3 Å². The molecule has 0 saturated carbocycles. The molecular weight excluding hydrogens is 347 g/mol. The van der Waals surface area contributed by atoms with E-state index in [1.807, 2.05) is 0 Å². The number of esters is 1. The number of unbranched alkanes of at least 4 members (excludes halogenated alkanes) is 8. The molecule has 0 aliphatic heterocycles. The molecule has 7 nitrogen and oxygen atoms in total. The fraction of sp³-hybridized carbons (Fsp3) is 0.933. The third-order valence-electron chi connectivity index (χ3n) is 3.37. The molecule has 0 aliphatic carbocycles. The SMILES string of the molecule is CCCCCCCCCCCC(=O)OCC(CO)OS(=O)(=O)[O-].[Na+]. The molecule has 0 heterocycles. The fourth-order valence-electron chi connectivity index (χ4n) is 2.12. The van der Waals surface area contributed by atoms with E-state index in [0.29, 0.717) is 6.42 Å². The smallest absolute Gasteiger partial charge is 0.726 e. The minimum Gasteiger partial charge on any atom is -0.726 e. The summed E-state index contributed by atoms with van der Waals surface area (Å²) < 4.78 is 39.9. The maximum atomic E-state index is 11.4. The first-order valence-electron chi connectivity index (χ1n) is 8.29. The first-order chi connectivity index (χ1) is 10.9. The molecule has 1 atom stereocenters. The first-order valence-corrected chi connectivity index (χ1v) is 9.63. The van der Waals surface area contributed by atoms with Crippen molar-refractivity contribution in [1.82, 2.24) is 0 Å². The molecule has 0 fully saturated rings. The van der Waals surface area contributed by atoms with Gasteiger partial charge < -0.3 is 14.4 Å². The van der Waals surface area contributed by atoms with Crippen LogP contribution in [0.5, 0.6) is 0 Å². The van der Waals surface area contributed by atoms with Gasteiger partial charge in [0.25, 0.3) is 0 Å². The normalized spacial score (nSPS) is 12.5. The van der Waals surface area contributed by atoms with Gasteiger partial charge >= 0.3 is 35.5 Å². The van der Waals surface area contributed by atoms with Crippen LogP contribution in [-0.2, 0) is 24.1 Å². The summed E-state index contributed by atoms with van der Waals surface area (Å²) in [6.07, 6.45) is 9.10. The van der Waals surface area contributed by atoms with Crippen LogP contribution in [0, 0.1) is 0 Å². The van der Waals surface area contributed by atoms with Crippen LogP contribution >= 0.6 is 0 Å².